The largest absolute Gasteiger partial charge is 0.462 e. The van der Waals surface area contributed by atoms with Crippen LogP contribution in [-0.2, 0) is 10.9 Å². The number of esters is 1. The number of ether oxygens (including phenoxy) is 1. The Balaban J connectivity index is 3.59. The maximum absolute atomic E-state index is 12.8. The molecule has 1 aromatic rings. The van der Waals surface area contributed by atoms with Gasteiger partial charge >= 0.3 is 12.1 Å². The van der Waals surface area contributed by atoms with E-state index in [0.717, 1.165) is 0 Å². The molecule has 1 rings (SSSR count). The topological polar surface area (TPSA) is 39.2 Å². The molecule has 0 aliphatic rings. The maximum Gasteiger partial charge on any atom is 0.418 e. The maximum atomic E-state index is 12.8. The molecule has 1 heterocycles. The van der Waals surface area contributed by atoms with Crippen molar-refractivity contribution < 1.29 is 31.5 Å². The van der Waals surface area contributed by atoms with Crippen LogP contribution in [-0.4, -0.2) is 17.6 Å². The molecule has 0 aliphatic carbocycles. The fraction of sp³-hybridized carbons (Fsp3) is 0.400. The van der Waals surface area contributed by atoms with Gasteiger partial charge in [0.25, 0.3) is 6.43 Å². The van der Waals surface area contributed by atoms with Crippen LogP contribution in [0.25, 0.3) is 0 Å². The summed E-state index contributed by atoms with van der Waals surface area (Å²) in [6.45, 7) is 1.06. The molecular formula is C10H7ClF5NO2. The number of pyridine rings is 1. The number of rotatable bonds is 3. The summed E-state index contributed by atoms with van der Waals surface area (Å²) in [6, 6.07) is 0. The van der Waals surface area contributed by atoms with E-state index in [-0.39, 0.29) is 12.8 Å². The number of halogens is 6. The van der Waals surface area contributed by atoms with Crippen LogP contribution >= 0.6 is 11.6 Å². The number of carbonyl (C=O) groups is 1. The van der Waals surface area contributed by atoms with E-state index in [4.69, 9.17) is 11.6 Å². The van der Waals surface area contributed by atoms with E-state index in [9.17, 15) is 26.7 Å². The minimum Gasteiger partial charge on any atom is -0.462 e. The molecule has 0 unspecified atom stereocenters. The Morgan fingerprint density at radius 2 is 2.05 bits per heavy atom. The average Bonchev–Trinajstić information content (AvgIpc) is 2.26. The highest BCUT2D eigenvalue weighted by Crippen LogP contribution is 2.38. The molecule has 1 aromatic heterocycles. The van der Waals surface area contributed by atoms with Gasteiger partial charge in [-0.15, -0.1) is 0 Å². The minimum atomic E-state index is -5.02. The van der Waals surface area contributed by atoms with Crippen LogP contribution in [0.2, 0.25) is 5.15 Å². The Kier molecular flexibility index (Phi) is 4.67. The normalized spacial score (nSPS) is 11.8. The first kappa shape index (κ1) is 15.6. The van der Waals surface area contributed by atoms with Gasteiger partial charge in [0.1, 0.15) is 5.15 Å². The molecule has 0 radical (unpaired) electrons. The minimum absolute atomic E-state index is 0.223. The smallest absolute Gasteiger partial charge is 0.418 e. The van der Waals surface area contributed by atoms with Crippen LogP contribution in [0.4, 0.5) is 22.0 Å². The third-order valence-corrected chi connectivity index (χ3v) is 2.37. The van der Waals surface area contributed by atoms with E-state index < -0.39 is 40.4 Å². The van der Waals surface area contributed by atoms with Gasteiger partial charge in [0.05, 0.1) is 23.3 Å². The fourth-order valence-corrected chi connectivity index (χ4v) is 1.57. The van der Waals surface area contributed by atoms with Crippen LogP contribution in [0.15, 0.2) is 6.20 Å². The third kappa shape index (κ3) is 3.31. The second-order valence-corrected chi connectivity index (χ2v) is 3.63. The lowest BCUT2D eigenvalue weighted by Crippen LogP contribution is -2.19. The zero-order valence-electron chi connectivity index (χ0n) is 9.39. The van der Waals surface area contributed by atoms with Crippen molar-refractivity contribution in [3.8, 4) is 0 Å². The van der Waals surface area contributed by atoms with Gasteiger partial charge in [-0.2, -0.15) is 13.2 Å². The van der Waals surface area contributed by atoms with E-state index >= 15 is 0 Å². The summed E-state index contributed by atoms with van der Waals surface area (Å²) in [7, 11) is 0. The van der Waals surface area contributed by atoms with Gasteiger partial charge in [-0.1, -0.05) is 11.6 Å². The van der Waals surface area contributed by atoms with Gasteiger partial charge in [0.2, 0.25) is 0 Å². The molecule has 0 saturated carbocycles. The predicted molar refractivity (Wildman–Crippen MR) is 55.2 cm³/mol. The lowest BCUT2D eigenvalue weighted by atomic mass is 10.0. The van der Waals surface area contributed by atoms with Gasteiger partial charge in [-0.25, -0.2) is 18.6 Å². The lowest BCUT2D eigenvalue weighted by Gasteiger charge is -2.15. The van der Waals surface area contributed by atoms with Crippen molar-refractivity contribution in [1.82, 2.24) is 4.98 Å². The number of nitrogens with zero attached hydrogens (tertiary/aromatic N) is 1. The predicted octanol–water partition coefficient (Wildman–Crippen LogP) is 3.87. The molecule has 9 heteroatoms. The van der Waals surface area contributed by atoms with Crippen molar-refractivity contribution in [1.29, 1.82) is 0 Å². The first-order valence-electron chi connectivity index (χ1n) is 4.91. The second-order valence-electron chi connectivity index (χ2n) is 3.27. The van der Waals surface area contributed by atoms with Crippen LogP contribution in [0.1, 0.15) is 34.8 Å². The van der Waals surface area contributed by atoms with Crippen LogP contribution in [0.3, 0.4) is 0 Å². The number of hydrogen-bond acceptors (Lipinski definition) is 3. The molecule has 19 heavy (non-hydrogen) atoms. The first-order valence-corrected chi connectivity index (χ1v) is 5.28. The second kappa shape index (κ2) is 5.68. The molecule has 0 saturated heterocycles. The summed E-state index contributed by atoms with van der Waals surface area (Å²) in [6.07, 6.45) is -8.19. The summed E-state index contributed by atoms with van der Waals surface area (Å²) in [4.78, 5) is 14.5. The van der Waals surface area contributed by atoms with E-state index in [1.165, 1.54) is 6.92 Å². The van der Waals surface area contributed by atoms with Crippen molar-refractivity contribution in [3.05, 3.63) is 28.0 Å². The van der Waals surface area contributed by atoms with Crippen molar-refractivity contribution in [2.45, 2.75) is 19.5 Å². The summed E-state index contributed by atoms with van der Waals surface area (Å²) < 4.78 is 67.9. The Morgan fingerprint density at radius 3 is 2.47 bits per heavy atom. The number of hydrogen-bond donors (Lipinski definition) is 0. The quantitative estimate of drug-likeness (QED) is 0.483. The molecule has 0 spiro atoms. The molecule has 0 amide bonds. The molecule has 106 valence electrons. The van der Waals surface area contributed by atoms with E-state index in [2.05, 4.69) is 9.72 Å². The van der Waals surface area contributed by atoms with E-state index in [0.29, 0.717) is 0 Å². The van der Waals surface area contributed by atoms with Gasteiger partial charge < -0.3 is 4.74 Å². The summed E-state index contributed by atoms with van der Waals surface area (Å²) in [5.74, 6) is -1.52. The number of carbonyl (C=O) groups excluding carboxylic acids is 1. The molecule has 0 atom stereocenters. The van der Waals surface area contributed by atoms with Crippen molar-refractivity contribution in [2.75, 3.05) is 6.61 Å². The number of alkyl halides is 5. The van der Waals surface area contributed by atoms with E-state index in [1.54, 1.807) is 0 Å². The molecular weight excluding hydrogens is 297 g/mol. The highest BCUT2D eigenvalue weighted by Gasteiger charge is 2.40. The van der Waals surface area contributed by atoms with Gasteiger partial charge in [-0.05, 0) is 6.92 Å². The van der Waals surface area contributed by atoms with Crippen molar-refractivity contribution >= 4 is 17.6 Å². The van der Waals surface area contributed by atoms with Crippen LogP contribution in [0.5, 0.6) is 0 Å². The van der Waals surface area contributed by atoms with Gasteiger partial charge in [0.15, 0.2) is 0 Å². The zero-order chi connectivity index (χ0) is 14.8. The van der Waals surface area contributed by atoms with E-state index in [1.807, 2.05) is 0 Å². The van der Waals surface area contributed by atoms with Crippen LogP contribution < -0.4 is 0 Å². The van der Waals surface area contributed by atoms with Crippen LogP contribution in [0, 0.1) is 0 Å². The monoisotopic (exact) mass is 303 g/mol. The molecule has 0 aromatic carbocycles. The molecule has 3 nitrogen and oxygen atoms in total. The Labute approximate surface area is 109 Å². The summed E-state index contributed by atoms with van der Waals surface area (Å²) >= 11 is 5.32. The molecule has 0 fully saturated rings. The Morgan fingerprint density at radius 1 is 1.47 bits per heavy atom. The van der Waals surface area contributed by atoms with Crippen molar-refractivity contribution in [3.63, 3.8) is 0 Å². The fourth-order valence-electron chi connectivity index (χ4n) is 1.34. The highest BCUT2D eigenvalue weighted by atomic mass is 35.5. The summed E-state index contributed by atoms with van der Waals surface area (Å²) in [5, 5.41) is -0.869. The third-order valence-electron chi connectivity index (χ3n) is 2.07. The molecule has 0 bridgehead atoms. The Bertz CT molecular complexity index is 490. The van der Waals surface area contributed by atoms with Gasteiger partial charge in [0, 0.05) is 6.20 Å². The highest BCUT2D eigenvalue weighted by molar-refractivity contribution is 6.30. The molecule has 0 N–H and O–H groups in total. The lowest BCUT2D eigenvalue weighted by molar-refractivity contribution is -0.138. The average molecular weight is 304 g/mol. The Hall–Kier alpha value is -1.44. The van der Waals surface area contributed by atoms with Gasteiger partial charge in [-0.3, -0.25) is 0 Å². The first-order chi connectivity index (χ1) is 8.70. The standard InChI is InChI=1S/C10H7ClF5NO2/c1-2-19-9(18)5-4(10(14,15)16)3-17-7(11)6(5)8(12)13/h3,8H,2H2,1H3. The number of aromatic nitrogens is 1. The zero-order valence-corrected chi connectivity index (χ0v) is 10.1. The SMILES string of the molecule is CCOC(=O)c1c(C(F)(F)F)cnc(Cl)c1C(F)F. The summed E-state index contributed by atoms with van der Waals surface area (Å²) in [5.41, 5.74) is -4.19. The molecule has 0 aliphatic heterocycles. The van der Waals surface area contributed by atoms with Crippen molar-refractivity contribution in [2.24, 2.45) is 0 Å².